The van der Waals surface area contributed by atoms with Crippen molar-refractivity contribution in [2.45, 2.75) is 19.9 Å². The topological polar surface area (TPSA) is 75.5 Å². The molecule has 0 bridgehead atoms. The van der Waals surface area contributed by atoms with Crippen LogP contribution in [-0.2, 0) is 4.79 Å². The Kier molecular flexibility index (Phi) is 6.35. The first-order valence-electron chi connectivity index (χ1n) is 10.8. The average molecular weight is 448 g/mol. The zero-order valence-corrected chi connectivity index (χ0v) is 18.6. The van der Waals surface area contributed by atoms with Gasteiger partial charge in [-0.05, 0) is 68.4 Å². The number of benzene rings is 2. The first-order chi connectivity index (χ1) is 15.8. The molecule has 170 valence electrons. The van der Waals surface area contributed by atoms with Gasteiger partial charge in [0.05, 0.1) is 5.69 Å². The Labute approximate surface area is 191 Å². The highest BCUT2D eigenvalue weighted by Gasteiger charge is 2.27. The number of amides is 1. The number of hydrogen-bond donors (Lipinski definition) is 0. The van der Waals surface area contributed by atoms with Gasteiger partial charge in [-0.2, -0.15) is 5.10 Å². The highest BCUT2D eigenvalue weighted by atomic mass is 19.1. The van der Waals surface area contributed by atoms with Gasteiger partial charge >= 0.3 is 0 Å². The summed E-state index contributed by atoms with van der Waals surface area (Å²) in [7, 11) is 0. The molecule has 4 rings (SSSR count). The van der Waals surface area contributed by atoms with Crippen molar-refractivity contribution in [2.24, 2.45) is 0 Å². The van der Waals surface area contributed by atoms with E-state index in [4.69, 9.17) is 0 Å². The number of rotatable bonds is 5. The number of carbonyl (C=O) groups is 2. The highest BCUT2D eigenvalue weighted by Crippen LogP contribution is 2.20. The molecule has 1 aromatic heterocycles. The van der Waals surface area contributed by atoms with Gasteiger partial charge in [0.25, 0.3) is 5.56 Å². The van der Waals surface area contributed by atoms with Gasteiger partial charge in [-0.15, -0.1) is 0 Å². The number of ketones is 1. The van der Waals surface area contributed by atoms with Crippen LogP contribution < -0.4 is 10.5 Å². The number of Topliss-reactive ketones (excluding diaryl/α,β-unsaturated/α-hetero) is 1. The van der Waals surface area contributed by atoms with Crippen LogP contribution in [0.1, 0.15) is 30.2 Å². The Bertz CT molecular complexity index is 1210. The van der Waals surface area contributed by atoms with Crippen molar-refractivity contribution >= 4 is 17.4 Å². The normalized spacial score (nSPS) is 14.8. The summed E-state index contributed by atoms with van der Waals surface area (Å²) in [6.45, 7) is 5.54. The summed E-state index contributed by atoms with van der Waals surface area (Å²) >= 11 is 0. The smallest absolute Gasteiger partial charge is 0.267 e. The maximum Gasteiger partial charge on any atom is 0.267 e. The Morgan fingerprint density at radius 2 is 1.55 bits per heavy atom. The predicted octanol–water partition coefficient (Wildman–Crippen LogP) is 3.16. The molecule has 2 heterocycles. The lowest BCUT2D eigenvalue weighted by Gasteiger charge is -2.37. The van der Waals surface area contributed by atoms with E-state index < -0.39 is 6.04 Å². The van der Waals surface area contributed by atoms with Crippen molar-refractivity contribution < 1.29 is 14.0 Å². The highest BCUT2D eigenvalue weighted by molar-refractivity contribution is 5.94. The van der Waals surface area contributed by atoms with Gasteiger partial charge in [0.2, 0.25) is 5.91 Å². The first kappa shape index (κ1) is 22.4. The molecule has 1 amide bonds. The maximum absolute atomic E-state index is 13.2. The summed E-state index contributed by atoms with van der Waals surface area (Å²) in [6, 6.07) is 15.5. The van der Waals surface area contributed by atoms with Crippen LogP contribution in [0.3, 0.4) is 0 Å². The molecule has 0 N–H and O–H groups in total. The van der Waals surface area contributed by atoms with E-state index in [0.717, 1.165) is 5.69 Å². The number of carbonyl (C=O) groups excluding carboxylic acids is 2. The minimum atomic E-state index is -0.765. The van der Waals surface area contributed by atoms with Crippen LogP contribution in [0.4, 0.5) is 10.1 Å². The number of halogens is 1. The second-order valence-electron chi connectivity index (χ2n) is 8.10. The largest absolute Gasteiger partial charge is 0.368 e. The number of anilines is 1. The molecule has 0 spiro atoms. The Morgan fingerprint density at radius 3 is 2.15 bits per heavy atom. The second-order valence-corrected chi connectivity index (χ2v) is 8.10. The molecule has 2 aromatic carbocycles. The summed E-state index contributed by atoms with van der Waals surface area (Å²) in [5.41, 5.74) is 2.46. The SMILES string of the molecule is CC(=O)c1ccc(N2CCN(C(=O)C(C)n3nc(-c4ccc(F)cc4)ccc3=O)CC2)cc1. The van der Waals surface area contributed by atoms with E-state index in [1.54, 1.807) is 30.0 Å². The molecule has 8 heteroatoms. The lowest BCUT2D eigenvalue weighted by atomic mass is 10.1. The molecular formula is C25H25FN4O3. The predicted molar refractivity (Wildman–Crippen MR) is 124 cm³/mol. The minimum Gasteiger partial charge on any atom is -0.368 e. The summed E-state index contributed by atoms with van der Waals surface area (Å²) in [4.78, 5) is 40.9. The molecule has 1 saturated heterocycles. The summed E-state index contributed by atoms with van der Waals surface area (Å²) in [5.74, 6) is -0.504. The van der Waals surface area contributed by atoms with Gasteiger partial charge in [-0.25, -0.2) is 9.07 Å². The van der Waals surface area contributed by atoms with Crippen LogP contribution in [-0.4, -0.2) is 52.5 Å². The van der Waals surface area contributed by atoms with E-state index in [2.05, 4.69) is 10.00 Å². The Balaban J connectivity index is 1.44. The quantitative estimate of drug-likeness (QED) is 0.561. The molecule has 1 fully saturated rings. The van der Waals surface area contributed by atoms with Crippen molar-refractivity contribution in [3.8, 4) is 11.3 Å². The van der Waals surface area contributed by atoms with Crippen LogP contribution in [0, 0.1) is 5.82 Å². The number of hydrogen-bond acceptors (Lipinski definition) is 5. The van der Waals surface area contributed by atoms with Crippen LogP contribution in [0.5, 0.6) is 0 Å². The molecule has 1 aliphatic rings. The first-order valence-corrected chi connectivity index (χ1v) is 10.8. The molecule has 33 heavy (non-hydrogen) atoms. The van der Waals surface area contributed by atoms with Crippen LogP contribution in [0.25, 0.3) is 11.3 Å². The third-order valence-corrected chi connectivity index (χ3v) is 5.92. The van der Waals surface area contributed by atoms with Crippen molar-refractivity contribution in [1.82, 2.24) is 14.7 Å². The summed E-state index contributed by atoms with van der Waals surface area (Å²) in [6.07, 6.45) is 0. The number of aromatic nitrogens is 2. The molecule has 1 aliphatic heterocycles. The fraction of sp³-hybridized carbons (Fsp3) is 0.280. The van der Waals surface area contributed by atoms with E-state index in [1.807, 2.05) is 24.3 Å². The monoisotopic (exact) mass is 448 g/mol. The van der Waals surface area contributed by atoms with Gasteiger partial charge in [0.1, 0.15) is 11.9 Å². The molecule has 0 aliphatic carbocycles. The molecule has 0 saturated carbocycles. The maximum atomic E-state index is 13.2. The second kappa shape index (κ2) is 9.36. The van der Waals surface area contributed by atoms with Gasteiger partial charge in [0, 0.05) is 49.1 Å². The van der Waals surface area contributed by atoms with Crippen molar-refractivity contribution in [1.29, 1.82) is 0 Å². The van der Waals surface area contributed by atoms with E-state index in [0.29, 0.717) is 43.0 Å². The molecular weight excluding hydrogens is 423 g/mol. The molecule has 3 aromatic rings. The van der Waals surface area contributed by atoms with E-state index in [-0.39, 0.29) is 23.1 Å². The van der Waals surface area contributed by atoms with Gasteiger partial charge < -0.3 is 9.80 Å². The van der Waals surface area contributed by atoms with Gasteiger partial charge in [-0.3, -0.25) is 14.4 Å². The summed E-state index contributed by atoms with van der Waals surface area (Å²) < 4.78 is 14.4. The van der Waals surface area contributed by atoms with Gasteiger partial charge in [0.15, 0.2) is 5.78 Å². The Hall–Kier alpha value is -3.81. The molecule has 1 atom stereocenters. The number of nitrogens with zero attached hydrogens (tertiary/aromatic N) is 4. The summed E-state index contributed by atoms with van der Waals surface area (Å²) in [5, 5.41) is 4.37. The van der Waals surface area contributed by atoms with Crippen molar-refractivity contribution in [3.63, 3.8) is 0 Å². The van der Waals surface area contributed by atoms with Gasteiger partial charge in [-0.1, -0.05) is 0 Å². The molecule has 7 nitrogen and oxygen atoms in total. The van der Waals surface area contributed by atoms with E-state index >= 15 is 0 Å². The lowest BCUT2D eigenvalue weighted by molar-refractivity contribution is -0.135. The minimum absolute atomic E-state index is 0.0262. The average Bonchev–Trinajstić information content (AvgIpc) is 2.84. The van der Waals surface area contributed by atoms with Crippen molar-refractivity contribution in [2.75, 3.05) is 31.1 Å². The lowest BCUT2D eigenvalue weighted by Crippen LogP contribution is -2.51. The van der Waals surface area contributed by atoms with E-state index in [9.17, 15) is 18.8 Å². The third-order valence-electron chi connectivity index (χ3n) is 5.92. The zero-order valence-electron chi connectivity index (χ0n) is 18.6. The molecule has 1 unspecified atom stereocenters. The van der Waals surface area contributed by atoms with E-state index in [1.165, 1.54) is 29.8 Å². The zero-order chi connectivity index (χ0) is 23.5. The molecule has 0 radical (unpaired) electrons. The van der Waals surface area contributed by atoms with Crippen molar-refractivity contribution in [3.05, 3.63) is 82.4 Å². The van der Waals surface area contributed by atoms with Crippen LogP contribution in [0.2, 0.25) is 0 Å². The van der Waals surface area contributed by atoms with Crippen LogP contribution in [0.15, 0.2) is 65.5 Å². The fourth-order valence-electron chi connectivity index (χ4n) is 3.94. The van der Waals surface area contributed by atoms with Crippen LogP contribution >= 0.6 is 0 Å². The third kappa shape index (κ3) is 4.84. The Morgan fingerprint density at radius 1 is 0.909 bits per heavy atom. The number of piperazine rings is 1. The fourth-order valence-corrected chi connectivity index (χ4v) is 3.94. The standard InChI is InChI=1S/C25H25FN4O3/c1-17(30-24(32)12-11-23(27-30)20-3-7-21(26)8-4-20)25(33)29-15-13-28(14-16-29)22-9-5-19(6-10-22)18(2)31/h3-12,17H,13-16H2,1-2H3.